The Morgan fingerprint density at radius 1 is 1.38 bits per heavy atom. The van der Waals surface area contributed by atoms with Crippen LogP contribution in [0.15, 0.2) is 5.16 Å². The third-order valence-electron chi connectivity index (χ3n) is 1.86. The molecule has 1 rings (SSSR count). The van der Waals surface area contributed by atoms with E-state index in [0.717, 1.165) is 30.5 Å². The summed E-state index contributed by atoms with van der Waals surface area (Å²) in [6.45, 7) is 7.61. The average Bonchev–Trinajstić information content (AvgIpc) is 2.65. The zero-order valence-electron chi connectivity index (χ0n) is 8.03. The van der Waals surface area contributed by atoms with Crippen LogP contribution in [0.2, 0.25) is 0 Å². The largest absolute Gasteiger partial charge is 0.303 e. The maximum atomic E-state index is 3.86. The highest BCUT2D eigenvalue weighted by molar-refractivity contribution is 7.99. The van der Waals surface area contributed by atoms with Gasteiger partial charge in [0.15, 0.2) is 0 Å². The van der Waals surface area contributed by atoms with E-state index in [9.17, 15) is 0 Å². The molecule has 0 aliphatic rings. The number of aromatic nitrogens is 4. The molecule has 0 aliphatic heterocycles. The van der Waals surface area contributed by atoms with Crippen molar-refractivity contribution in [3.8, 4) is 0 Å². The van der Waals surface area contributed by atoms with E-state index in [1.165, 1.54) is 0 Å². The van der Waals surface area contributed by atoms with Crippen LogP contribution in [0.4, 0.5) is 0 Å². The van der Waals surface area contributed by atoms with Gasteiger partial charge in [0, 0.05) is 12.3 Å². The number of nitrogens with zero attached hydrogens (tertiary/aromatic N) is 4. The van der Waals surface area contributed by atoms with Crippen LogP contribution < -0.4 is 0 Å². The lowest BCUT2D eigenvalue weighted by Gasteiger charge is -2.16. The summed E-state index contributed by atoms with van der Waals surface area (Å²) in [7, 11) is 0. The van der Waals surface area contributed by atoms with Gasteiger partial charge < -0.3 is 4.90 Å². The van der Waals surface area contributed by atoms with Crippen LogP contribution in [-0.2, 0) is 0 Å². The van der Waals surface area contributed by atoms with Crippen LogP contribution in [0, 0.1) is 0 Å². The minimum absolute atomic E-state index is 0.729. The Hall–Kier alpha value is -0.620. The Balaban J connectivity index is 2.13. The predicted octanol–water partition coefficient (Wildman–Crippen LogP) is 0.634. The summed E-state index contributed by atoms with van der Waals surface area (Å²) < 4.78 is 0. The van der Waals surface area contributed by atoms with Crippen LogP contribution in [-0.4, -0.2) is 50.9 Å². The van der Waals surface area contributed by atoms with Crippen molar-refractivity contribution in [3.05, 3.63) is 0 Å². The van der Waals surface area contributed by atoms with Gasteiger partial charge in [-0.2, -0.15) is 5.21 Å². The van der Waals surface area contributed by atoms with Crippen molar-refractivity contribution in [1.82, 2.24) is 25.5 Å². The Bertz CT molecular complexity index is 209. The first-order valence-corrected chi connectivity index (χ1v) is 5.44. The first-order valence-electron chi connectivity index (χ1n) is 4.45. The van der Waals surface area contributed by atoms with Gasteiger partial charge in [0.05, 0.1) is 0 Å². The molecule has 0 saturated carbocycles. The maximum absolute atomic E-state index is 3.86. The Morgan fingerprint density at radius 3 is 2.69 bits per heavy atom. The molecule has 0 aromatic carbocycles. The van der Waals surface area contributed by atoms with Crippen molar-refractivity contribution in [2.75, 3.05) is 25.4 Å². The molecule has 13 heavy (non-hydrogen) atoms. The van der Waals surface area contributed by atoms with Crippen molar-refractivity contribution in [3.63, 3.8) is 0 Å². The number of thioether (sulfide) groups is 1. The van der Waals surface area contributed by atoms with Crippen molar-refractivity contribution in [2.45, 2.75) is 19.0 Å². The van der Waals surface area contributed by atoms with Gasteiger partial charge in [-0.05, 0) is 18.3 Å². The number of rotatable bonds is 6. The Morgan fingerprint density at radius 2 is 2.15 bits per heavy atom. The molecule has 0 atom stereocenters. The van der Waals surface area contributed by atoms with Crippen LogP contribution in [0.3, 0.4) is 0 Å². The maximum Gasteiger partial charge on any atom is 0.230 e. The first kappa shape index (κ1) is 10.5. The second-order valence-electron chi connectivity index (χ2n) is 2.57. The molecule has 0 radical (unpaired) electrons. The zero-order chi connectivity index (χ0) is 9.52. The molecular formula is C7H15N5S. The van der Waals surface area contributed by atoms with Gasteiger partial charge in [0.2, 0.25) is 5.16 Å². The summed E-state index contributed by atoms with van der Waals surface area (Å²) in [6, 6.07) is 0. The molecule has 74 valence electrons. The van der Waals surface area contributed by atoms with Gasteiger partial charge in [-0.15, -0.1) is 10.2 Å². The predicted molar refractivity (Wildman–Crippen MR) is 52.7 cm³/mol. The number of tetrazole rings is 1. The normalized spacial score (nSPS) is 11.0. The summed E-state index contributed by atoms with van der Waals surface area (Å²) in [5, 5.41) is 14.4. The molecule has 0 amide bonds. The minimum Gasteiger partial charge on any atom is -0.303 e. The highest BCUT2D eigenvalue weighted by Gasteiger charge is 2.01. The zero-order valence-corrected chi connectivity index (χ0v) is 8.84. The van der Waals surface area contributed by atoms with E-state index >= 15 is 0 Å². The standard InChI is InChI=1S/C7H15N5S/c1-3-12(4-2)5-6-13-7-8-10-11-9-7/h3-6H2,1-2H3,(H,8,9,10,11). The van der Waals surface area contributed by atoms with E-state index in [1.54, 1.807) is 11.8 Å². The molecule has 0 fully saturated rings. The van der Waals surface area contributed by atoms with Crippen molar-refractivity contribution < 1.29 is 0 Å². The fourth-order valence-corrected chi connectivity index (χ4v) is 1.76. The highest BCUT2D eigenvalue weighted by Crippen LogP contribution is 2.09. The van der Waals surface area contributed by atoms with Crippen LogP contribution >= 0.6 is 11.8 Å². The number of H-pyrrole nitrogens is 1. The SMILES string of the molecule is CCN(CC)CCSc1nn[nH]n1. The second kappa shape index (κ2) is 5.93. The van der Waals surface area contributed by atoms with Crippen molar-refractivity contribution >= 4 is 11.8 Å². The summed E-state index contributed by atoms with van der Waals surface area (Å²) in [4.78, 5) is 2.37. The molecule has 5 nitrogen and oxygen atoms in total. The van der Waals surface area contributed by atoms with Gasteiger partial charge in [-0.3, -0.25) is 0 Å². The quantitative estimate of drug-likeness (QED) is 0.684. The van der Waals surface area contributed by atoms with E-state index < -0.39 is 0 Å². The van der Waals surface area contributed by atoms with Gasteiger partial charge in [-0.1, -0.05) is 25.6 Å². The van der Waals surface area contributed by atoms with Gasteiger partial charge >= 0.3 is 0 Å². The summed E-state index contributed by atoms with van der Waals surface area (Å²) >= 11 is 1.63. The number of nitrogens with one attached hydrogen (secondary N) is 1. The Kier molecular flexibility index (Phi) is 4.77. The number of aromatic amines is 1. The molecule has 1 aromatic heterocycles. The molecule has 1 N–H and O–H groups in total. The topological polar surface area (TPSA) is 57.7 Å². The van der Waals surface area contributed by atoms with E-state index in [0.29, 0.717) is 0 Å². The van der Waals surface area contributed by atoms with Crippen molar-refractivity contribution in [2.24, 2.45) is 0 Å². The second-order valence-corrected chi connectivity index (χ2v) is 3.63. The van der Waals surface area contributed by atoms with E-state index in [2.05, 4.69) is 39.4 Å². The van der Waals surface area contributed by atoms with E-state index in [1.807, 2.05) is 0 Å². The molecule has 0 unspecified atom stereocenters. The third kappa shape index (κ3) is 3.73. The lowest BCUT2D eigenvalue weighted by atomic mass is 10.5. The summed E-state index contributed by atoms with van der Waals surface area (Å²) in [5.74, 6) is 1.02. The van der Waals surface area contributed by atoms with E-state index in [-0.39, 0.29) is 0 Å². The minimum atomic E-state index is 0.729. The number of hydrogen-bond acceptors (Lipinski definition) is 5. The first-order chi connectivity index (χ1) is 6.36. The van der Waals surface area contributed by atoms with Gasteiger partial charge in [0.25, 0.3) is 0 Å². The Labute approximate surface area is 82.3 Å². The van der Waals surface area contributed by atoms with Crippen LogP contribution in [0.25, 0.3) is 0 Å². The van der Waals surface area contributed by atoms with E-state index in [4.69, 9.17) is 0 Å². The molecule has 1 aromatic rings. The summed E-state index contributed by atoms with van der Waals surface area (Å²) in [6.07, 6.45) is 0. The molecule has 0 aliphatic carbocycles. The fourth-order valence-electron chi connectivity index (χ4n) is 1.02. The highest BCUT2D eigenvalue weighted by atomic mass is 32.2. The van der Waals surface area contributed by atoms with Crippen LogP contribution in [0.5, 0.6) is 0 Å². The smallest absolute Gasteiger partial charge is 0.230 e. The third-order valence-corrected chi connectivity index (χ3v) is 2.68. The van der Waals surface area contributed by atoms with Crippen molar-refractivity contribution in [1.29, 1.82) is 0 Å². The molecule has 6 heteroatoms. The number of hydrogen-bond donors (Lipinski definition) is 1. The lowest BCUT2D eigenvalue weighted by molar-refractivity contribution is 0.324. The molecule has 0 spiro atoms. The van der Waals surface area contributed by atoms with Crippen LogP contribution in [0.1, 0.15) is 13.8 Å². The fraction of sp³-hybridized carbons (Fsp3) is 0.857. The van der Waals surface area contributed by atoms with Gasteiger partial charge in [0.1, 0.15) is 0 Å². The summed E-state index contributed by atoms with van der Waals surface area (Å²) in [5.41, 5.74) is 0. The monoisotopic (exact) mass is 201 g/mol. The average molecular weight is 201 g/mol. The van der Waals surface area contributed by atoms with Gasteiger partial charge in [-0.25, -0.2) is 0 Å². The molecular weight excluding hydrogens is 186 g/mol. The lowest BCUT2D eigenvalue weighted by Crippen LogP contribution is -2.25. The molecule has 1 heterocycles. The molecule has 0 bridgehead atoms. The molecule has 0 saturated heterocycles.